The van der Waals surface area contributed by atoms with Crippen molar-refractivity contribution in [3.05, 3.63) is 23.8 Å². The lowest BCUT2D eigenvalue weighted by Gasteiger charge is -2.38. The summed E-state index contributed by atoms with van der Waals surface area (Å²) in [6.07, 6.45) is 12.7. The standard InChI is InChI=1S/C16H24O2/c1-11(2)13-6-5-12-7-8-15(18-16(12)10-13)14-4-3-9-17-14/h5-6,10-12,14-16H,3-4,7-9H2,1-2H3. The molecular formula is C16H24O2. The number of hydrogen-bond acceptors (Lipinski definition) is 2. The zero-order chi connectivity index (χ0) is 12.5. The smallest absolute Gasteiger partial charge is 0.0845 e. The van der Waals surface area contributed by atoms with E-state index in [9.17, 15) is 0 Å². The van der Waals surface area contributed by atoms with Gasteiger partial charge in [0.2, 0.25) is 0 Å². The first-order chi connectivity index (χ1) is 8.74. The van der Waals surface area contributed by atoms with Crippen LogP contribution in [0.2, 0.25) is 0 Å². The van der Waals surface area contributed by atoms with E-state index in [0.717, 1.165) is 13.0 Å². The second-order valence-electron chi connectivity index (χ2n) is 6.11. The Bertz CT molecular complexity index is 350. The number of fused-ring (bicyclic) bond motifs is 1. The minimum atomic E-state index is 0.287. The van der Waals surface area contributed by atoms with Crippen LogP contribution in [0.15, 0.2) is 23.8 Å². The molecule has 0 bridgehead atoms. The zero-order valence-electron chi connectivity index (χ0n) is 11.5. The van der Waals surface area contributed by atoms with Gasteiger partial charge in [-0.3, -0.25) is 0 Å². The van der Waals surface area contributed by atoms with Gasteiger partial charge < -0.3 is 9.47 Å². The third kappa shape index (κ3) is 2.41. The van der Waals surface area contributed by atoms with Crippen molar-refractivity contribution >= 4 is 0 Å². The number of allylic oxidation sites excluding steroid dienone is 2. The van der Waals surface area contributed by atoms with E-state index in [1.54, 1.807) is 0 Å². The molecular weight excluding hydrogens is 224 g/mol. The van der Waals surface area contributed by atoms with Crippen molar-refractivity contribution < 1.29 is 9.47 Å². The third-order valence-corrected chi connectivity index (χ3v) is 4.48. The first-order valence-corrected chi connectivity index (χ1v) is 7.41. The van der Waals surface area contributed by atoms with Crippen LogP contribution in [0, 0.1) is 11.8 Å². The van der Waals surface area contributed by atoms with E-state index in [1.807, 2.05) is 0 Å². The summed E-state index contributed by atoms with van der Waals surface area (Å²) in [5.41, 5.74) is 1.42. The van der Waals surface area contributed by atoms with Gasteiger partial charge in [-0.2, -0.15) is 0 Å². The Labute approximate surface area is 110 Å². The average molecular weight is 248 g/mol. The van der Waals surface area contributed by atoms with Gasteiger partial charge in [-0.1, -0.05) is 32.1 Å². The molecule has 2 aliphatic heterocycles. The molecule has 2 fully saturated rings. The van der Waals surface area contributed by atoms with Crippen LogP contribution in [0.3, 0.4) is 0 Å². The van der Waals surface area contributed by atoms with Gasteiger partial charge in [-0.05, 0) is 37.2 Å². The molecule has 0 aromatic rings. The van der Waals surface area contributed by atoms with E-state index in [4.69, 9.17) is 9.47 Å². The highest BCUT2D eigenvalue weighted by Crippen LogP contribution is 2.35. The maximum atomic E-state index is 6.30. The van der Waals surface area contributed by atoms with E-state index >= 15 is 0 Å². The first kappa shape index (κ1) is 12.4. The summed E-state index contributed by atoms with van der Waals surface area (Å²) in [6.45, 7) is 5.42. The summed E-state index contributed by atoms with van der Waals surface area (Å²) in [4.78, 5) is 0. The molecule has 3 rings (SSSR count). The Morgan fingerprint density at radius 3 is 2.78 bits per heavy atom. The lowest BCUT2D eigenvalue weighted by atomic mass is 9.83. The zero-order valence-corrected chi connectivity index (χ0v) is 11.5. The summed E-state index contributed by atoms with van der Waals surface area (Å²) >= 11 is 0. The topological polar surface area (TPSA) is 18.5 Å². The molecule has 2 heteroatoms. The summed E-state index contributed by atoms with van der Waals surface area (Å²) < 4.78 is 12.1. The molecule has 100 valence electrons. The number of ether oxygens (including phenoxy) is 2. The highest BCUT2D eigenvalue weighted by molar-refractivity contribution is 5.28. The Morgan fingerprint density at radius 2 is 2.06 bits per heavy atom. The van der Waals surface area contributed by atoms with Crippen molar-refractivity contribution in [3.63, 3.8) is 0 Å². The molecule has 0 aromatic carbocycles. The fourth-order valence-electron chi connectivity index (χ4n) is 3.29. The lowest BCUT2D eigenvalue weighted by Crippen LogP contribution is -2.40. The van der Waals surface area contributed by atoms with Crippen LogP contribution in [0.5, 0.6) is 0 Å². The van der Waals surface area contributed by atoms with Crippen molar-refractivity contribution in [2.24, 2.45) is 11.8 Å². The molecule has 2 heterocycles. The Balaban J connectivity index is 1.68. The second-order valence-corrected chi connectivity index (χ2v) is 6.11. The van der Waals surface area contributed by atoms with Gasteiger partial charge in [0, 0.05) is 12.5 Å². The summed E-state index contributed by atoms with van der Waals surface area (Å²) in [5, 5.41) is 0. The number of rotatable bonds is 2. The van der Waals surface area contributed by atoms with E-state index in [2.05, 4.69) is 32.1 Å². The first-order valence-electron chi connectivity index (χ1n) is 7.41. The minimum absolute atomic E-state index is 0.287. The summed E-state index contributed by atoms with van der Waals surface area (Å²) in [6, 6.07) is 0. The lowest BCUT2D eigenvalue weighted by molar-refractivity contribution is -0.108. The van der Waals surface area contributed by atoms with Crippen molar-refractivity contribution in [1.29, 1.82) is 0 Å². The highest BCUT2D eigenvalue weighted by Gasteiger charge is 2.36. The maximum Gasteiger partial charge on any atom is 0.0845 e. The van der Waals surface area contributed by atoms with Gasteiger partial charge >= 0.3 is 0 Å². The highest BCUT2D eigenvalue weighted by atomic mass is 16.5. The van der Waals surface area contributed by atoms with Gasteiger partial charge in [0.15, 0.2) is 0 Å². The molecule has 4 unspecified atom stereocenters. The van der Waals surface area contributed by atoms with Gasteiger partial charge in [0.05, 0.1) is 18.3 Å². The molecule has 0 aromatic heterocycles. The predicted molar refractivity (Wildman–Crippen MR) is 72.4 cm³/mol. The third-order valence-electron chi connectivity index (χ3n) is 4.48. The average Bonchev–Trinajstić information content (AvgIpc) is 2.91. The SMILES string of the molecule is CC(C)C1=CC2OC(C3CCCO3)CCC2C=C1. The summed E-state index contributed by atoms with van der Waals surface area (Å²) in [5.74, 6) is 1.18. The van der Waals surface area contributed by atoms with Gasteiger partial charge in [-0.25, -0.2) is 0 Å². The van der Waals surface area contributed by atoms with Gasteiger partial charge in [0.25, 0.3) is 0 Å². The fraction of sp³-hybridized carbons (Fsp3) is 0.750. The van der Waals surface area contributed by atoms with E-state index in [1.165, 1.54) is 24.8 Å². The molecule has 18 heavy (non-hydrogen) atoms. The van der Waals surface area contributed by atoms with Crippen LogP contribution in [0.4, 0.5) is 0 Å². The quantitative estimate of drug-likeness (QED) is 0.745. The Kier molecular flexibility index (Phi) is 3.58. The van der Waals surface area contributed by atoms with E-state index in [0.29, 0.717) is 24.0 Å². The summed E-state index contributed by atoms with van der Waals surface area (Å²) in [7, 11) is 0. The van der Waals surface area contributed by atoms with Crippen LogP contribution in [0.1, 0.15) is 39.5 Å². The molecule has 2 nitrogen and oxygen atoms in total. The number of hydrogen-bond donors (Lipinski definition) is 0. The largest absolute Gasteiger partial charge is 0.376 e. The van der Waals surface area contributed by atoms with Gasteiger partial charge in [-0.15, -0.1) is 0 Å². The van der Waals surface area contributed by atoms with Crippen molar-refractivity contribution in [1.82, 2.24) is 0 Å². The molecule has 3 aliphatic rings. The molecule has 0 spiro atoms. The molecule has 0 N–H and O–H groups in total. The fourth-order valence-corrected chi connectivity index (χ4v) is 3.29. The van der Waals surface area contributed by atoms with Crippen molar-refractivity contribution in [3.8, 4) is 0 Å². The Hall–Kier alpha value is -0.600. The second kappa shape index (κ2) is 5.18. The van der Waals surface area contributed by atoms with Crippen molar-refractivity contribution in [2.45, 2.75) is 57.8 Å². The normalized spacial score (nSPS) is 39.8. The van der Waals surface area contributed by atoms with Gasteiger partial charge in [0.1, 0.15) is 0 Å². The molecule has 0 amide bonds. The molecule has 1 aliphatic carbocycles. The molecule has 0 saturated carbocycles. The van der Waals surface area contributed by atoms with Crippen LogP contribution >= 0.6 is 0 Å². The molecule has 2 saturated heterocycles. The van der Waals surface area contributed by atoms with E-state index < -0.39 is 0 Å². The molecule has 0 radical (unpaired) electrons. The van der Waals surface area contributed by atoms with Crippen LogP contribution in [-0.4, -0.2) is 24.9 Å². The van der Waals surface area contributed by atoms with Crippen molar-refractivity contribution in [2.75, 3.05) is 6.61 Å². The van der Waals surface area contributed by atoms with Crippen LogP contribution < -0.4 is 0 Å². The maximum absolute atomic E-state index is 6.30. The van der Waals surface area contributed by atoms with E-state index in [-0.39, 0.29) is 6.10 Å². The van der Waals surface area contributed by atoms with Crippen LogP contribution in [-0.2, 0) is 9.47 Å². The Morgan fingerprint density at radius 1 is 1.17 bits per heavy atom. The monoisotopic (exact) mass is 248 g/mol. The minimum Gasteiger partial charge on any atom is -0.376 e. The van der Waals surface area contributed by atoms with Crippen LogP contribution in [0.25, 0.3) is 0 Å². The predicted octanol–water partition coefficient (Wildman–Crippen LogP) is 3.48. The molecule has 4 atom stereocenters.